The van der Waals surface area contributed by atoms with Crippen molar-refractivity contribution in [3.05, 3.63) is 28.8 Å². The van der Waals surface area contributed by atoms with E-state index in [1.165, 1.54) is 22.5 Å². The molecule has 1 fully saturated rings. The van der Waals surface area contributed by atoms with Crippen LogP contribution in [-0.4, -0.2) is 37.5 Å². The predicted molar refractivity (Wildman–Crippen MR) is 74.7 cm³/mol. The fraction of sp³-hybridized carbons (Fsp3) is 0.462. The van der Waals surface area contributed by atoms with Crippen molar-refractivity contribution in [1.82, 2.24) is 4.31 Å². The van der Waals surface area contributed by atoms with E-state index in [0.29, 0.717) is 6.54 Å². The predicted octanol–water partition coefficient (Wildman–Crippen LogP) is 1.46. The summed E-state index contributed by atoms with van der Waals surface area (Å²) in [7, 11) is -3.76. The minimum atomic E-state index is -3.76. The lowest BCUT2D eigenvalue weighted by Crippen LogP contribution is -2.30. The van der Waals surface area contributed by atoms with Gasteiger partial charge in [0.1, 0.15) is 11.0 Å². The van der Waals surface area contributed by atoms with Crippen LogP contribution in [0.25, 0.3) is 0 Å². The van der Waals surface area contributed by atoms with Gasteiger partial charge in [-0.05, 0) is 30.0 Å². The Labute approximate surface area is 123 Å². The number of nitriles is 1. The Bertz CT molecular complexity index is 654. The van der Waals surface area contributed by atoms with Crippen molar-refractivity contribution in [1.29, 1.82) is 5.26 Å². The number of halogens is 1. The molecule has 1 saturated heterocycles. The highest BCUT2D eigenvalue weighted by atomic mass is 35.5. The average Bonchev–Trinajstić information content (AvgIpc) is 2.80. The van der Waals surface area contributed by atoms with E-state index in [-0.39, 0.29) is 40.5 Å². The number of aliphatic hydroxyl groups is 1. The maximum Gasteiger partial charge on any atom is 0.244 e. The number of sulfonamides is 1. The van der Waals surface area contributed by atoms with E-state index in [9.17, 15) is 13.5 Å². The molecular weight excluding hydrogens is 300 g/mol. The largest absolute Gasteiger partial charge is 0.396 e. The van der Waals surface area contributed by atoms with Crippen molar-refractivity contribution in [3.8, 4) is 6.07 Å². The van der Waals surface area contributed by atoms with Crippen LogP contribution in [0, 0.1) is 23.2 Å². The summed E-state index contributed by atoms with van der Waals surface area (Å²) in [4.78, 5) is -0.0710. The van der Waals surface area contributed by atoms with Crippen molar-refractivity contribution in [3.63, 3.8) is 0 Å². The molecule has 1 aromatic carbocycles. The van der Waals surface area contributed by atoms with Gasteiger partial charge in [0.25, 0.3) is 0 Å². The van der Waals surface area contributed by atoms with Gasteiger partial charge in [-0.1, -0.05) is 18.5 Å². The SMILES string of the molecule is C[C@@H]1CN(S(=O)(=O)c2cc(Cl)ccc2C#N)C[C@H]1CO. The standard InChI is InChI=1S/C13H15ClN2O3S/c1-9-6-16(7-11(9)8-17)20(18,19)13-4-12(14)3-2-10(13)5-15/h2-4,9,11,17H,6-8H2,1H3/t9-,11+/m1/s1. The van der Waals surface area contributed by atoms with E-state index in [2.05, 4.69) is 0 Å². The topological polar surface area (TPSA) is 81.4 Å². The van der Waals surface area contributed by atoms with Crippen LogP contribution in [0.4, 0.5) is 0 Å². The fourth-order valence-electron chi connectivity index (χ4n) is 2.36. The first kappa shape index (κ1) is 15.3. The van der Waals surface area contributed by atoms with Crippen molar-refractivity contribution in [2.45, 2.75) is 11.8 Å². The molecule has 1 heterocycles. The highest BCUT2D eigenvalue weighted by molar-refractivity contribution is 7.89. The van der Waals surface area contributed by atoms with Gasteiger partial charge in [0, 0.05) is 24.7 Å². The van der Waals surface area contributed by atoms with Gasteiger partial charge in [0.05, 0.1) is 5.56 Å². The molecule has 0 radical (unpaired) electrons. The third kappa shape index (κ3) is 2.67. The van der Waals surface area contributed by atoms with E-state index >= 15 is 0 Å². The molecule has 1 aromatic rings. The van der Waals surface area contributed by atoms with Crippen molar-refractivity contribution < 1.29 is 13.5 Å². The molecule has 2 rings (SSSR count). The quantitative estimate of drug-likeness (QED) is 0.915. The first-order chi connectivity index (χ1) is 9.40. The van der Waals surface area contributed by atoms with Crippen molar-refractivity contribution in [2.75, 3.05) is 19.7 Å². The normalized spacial score (nSPS) is 23.7. The number of aliphatic hydroxyl groups excluding tert-OH is 1. The second-order valence-corrected chi connectivity index (χ2v) is 7.34. The maximum atomic E-state index is 12.6. The number of rotatable bonds is 3. The Morgan fingerprint density at radius 1 is 1.50 bits per heavy atom. The molecule has 108 valence electrons. The first-order valence-electron chi connectivity index (χ1n) is 6.20. The highest BCUT2D eigenvalue weighted by Gasteiger charge is 2.37. The summed E-state index contributed by atoms with van der Waals surface area (Å²) in [6.07, 6.45) is 0. The summed E-state index contributed by atoms with van der Waals surface area (Å²) in [6.45, 7) is 2.45. The molecule has 0 spiro atoms. The lowest BCUT2D eigenvalue weighted by atomic mass is 10.00. The van der Waals surface area contributed by atoms with E-state index < -0.39 is 10.0 Å². The molecule has 20 heavy (non-hydrogen) atoms. The summed E-state index contributed by atoms with van der Waals surface area (Å²) < 4.78 is 26.5. The van der Waals surface area contributed by atoms with Gasteiger partial charge in [-0.15, -0.1) is 0 Å². The second-order valence-electron chi connectivity index (χ2n) is 4.99. The smallest absolute Gasteiger partial charge is 0.244 e. The van der Waals surface area contributed by atoms with Gasteiger partial charge < -0.3 is 5.11 Å². The van der Waals surface area contributed by atoms with Crippen LogP contribution in [0.15, 0.2) is 23.1 Å². The summed E-state index contributed by atoms with van der Waals surface area (Å²) in [5.74, 6) is 0.00832. The Kier molecular flexibility index (Phi) is 4.35. The number of nitrogens with zero attached hydrogens (tertiary/aromatic N) is 2. The Morgan fingerprint density at radius 3 is 2.75 bits per heavy atom. The Hall–Kier alpha value is -1.13. The van der Waals surface area contributed by atoms with E-state index in [4.69, 9.17) is 16.9 Å². The minimum absolute atomic E-state index is 0.0478. The molecule has 5 nitrogen and oxygen atoms in total. The van der Waals surface area contributed by atoms with Crippen LogP contribution in [0.3, 0.4) is 0 Å². The first-order valence-corrected chi connectivity index (χ1v) is 8.02. The van der Waals surface area contributed by atoms with Crippen LogP contribution >= 0.6 is 11.6 Å². The third-order valence-electron chi connectivity index (χ3n) is 3.65. The maximum absolute atomic E-state index is 12.6. The fourth-order valence-corrected chi connectivity index (χ4v) is 4.36. The monoisotopic (exact) mass is 314 g/mol. The van der Waals surface area contributed by atoms with Crippen LogP contribution in [0.2, 0.25) is 5.02 Å². The Balaban J connectivity index is 2.42. The zero-order valence-corrected chi connectivity index (χ0v) is 12.5. The number of hydrogen-bond acceptors (Lipinski definition) is 4. The highest BCUT2D eigenvalue weighted by Crippen LogP contribution is 2.30. The average molecular weight is 315 g/mol. The Morgan fingerprint density at radius 2 is 2.20 bits per heavy atom. The van der Waals surface area contributed by atoms with Gasteiger partial charge in [-0.25, -0.2) is 8.42 Å². The lowest BCUT2D eigenvalue weighted by molar-refractivity contribution is 0.210. The minimum Gasteiger partial charge on any atom is -0.396 e. The van der Waals surface area contributed by atoms with Crippen LogP contribution in [-0.2, 0) is 10.0 Å². The molecule has 1 aliphatic rings. The molecule has 0 aliphatic carbocycles. The van der Waals surface area contributed by atoms with Gasteiger partial charge in [0.2, 0.25) is 10.0 Å². The van der Waals surface area contributed by atoms with Crippen molar-refractivity contribution >= 4 is 21.6 Å². The van der Waals surface area contributed by atoms with Gasteiger partial charge in [0.15, 0.2) is 0 Å². The number of benzene rings is 1. The van der Waals surface area contributed by atoms with Crippen molar-refractivity contribution in [2.24, 2.45) is 11.8 Å². The van der Waals surface area contributed by atoms with Gasteiger partial charge >= 0.3 is 0 Å². The van der Waals surface area contributed by atoms with E-state index in [0.717, 1.165) is 0 Å². The number of hydrogen-bond donors (Lipinski definition) is 1. The molecule has 0 unspecified atom stereocenters. The van der Waals surface area contributed by atoms with Gasteiger partial charge in [-0.2, -0.15) is 9.57 Å². The third-order valence-corrected chi connectivity index (χ3v) is 5.76. The molecule has 0 amide bonds. The summed E-state index contributed by atoms with van der Waals surface area (Å²) in [5.41, 5.74) is 0.0782. The molecule has 1 N–H and O–H groups in total. The van der Waals surface area contributed by atoms with Crippen LogP contribution < -0.4 is 0 Å². The molecule has 1 aliphatic heterocycles. The molecular formula is C13H15ClN2O3S. The van der Waals surface area contributed by atoms with Gasteiger partial charge in [-0.3, -0.25) is 0 Å². The summed E-state index contributed by atoms with van der Waals surface area (Å²) in [6, 6.07) is 6.06. The molecule has 7 heteroatoms. The lowest BCUT2D eigenvalue weighted by Gasteiger charge is -2.17. The molecule has 2 atom stereocenters. The molecule has 0 saturated carbocycles. The van der Waals surface area contributed by atoms with Crippen LogP contribution in [0.1, 0.15) is 12.5 Å². The van der Waals surface area contributed by atoms with E-state index in [1.54, 1.807) is 0 Å². The second kappa shape index (κ2) is 5.70. The summed E-state index contributed by atoms with van der Waals surface area (Å²) in [5, 5.41) is 18.6. The molecule has 0 aromatic heterocycles. The zero-order chi connectivity index (χ0) is 14.9. The zero-order valence-electron chi connectivity index (χ0n) is 11.0. The molecule has 0 bridgehead atoms. The summed E-state index contributed by atoms with van der Waals surface area (Å²) >= 11 is 5.84. The van der Waals surface area contributed by atoms with Crippen LogP contribution in [0.5, 0.6) is 0 Å². The van der Waals surface area contributed by atoms with E-state index in [1.807, 2.05) is 13.0 Å².